The number of aromatic nitrogens is 4. The van der Waals surface area contributed by atoms with Crippen molar-refractivity contribution in [2.75, 3.05) is 32.9 Å². The molecule has 3 heterocycles. The highest BCUT2D eigenvalue weighted by Crippen LogP contribution is 2.38. The molecule has 2 aromatic carbocycles. The molecule has 0 amide bonds. The first-order valence-corrected chi connectivity index (χ1v) is 14.3. The second-order valence-corrected chi connectivity index (χ2v) is 10.4. The fraction of sp³-hybridized carbons (Fsp3) is 0.407. The molecule has 0 saturated carbocycles. The molecule has 5 rings (SSSR count). The van der Waals surface area contributed by atoms with E-state index in [2.05, 4.69) is 20.0 Å². The third-order valence-corrected chi connectivity index (χ3v) is 7.11. The molecule has 15 heteroatoms. The maximum Gasteiger partial charge on any atom is 0.318 e. The number of carbonyl (C=O) groups is 1. The van der Waals surface area contributed by atoms with Crippen LogP contribution < -0.4 is 20.9 Å². The predicted octanol–water partition coefficient (Wildman–Crippen LogP) is 4.57. The zero-order chi connectivity index (χ0) is 30.5. The van der Waals surface area contributed by atoms with Gasteiger partial charge in [0.25, 0.3) is 5.56 Å². The van der Waals surface area contributed by atoms with Crippen molar-refractivity contribution >= 4 is 42.7 Å². The molecule has 0 spiro atoms. The molecule has 1 fully saturated rings. The number of nitrogen functional groups attached to an aromatic ring is 1. The van der Waals surface area contributed by atoms with E-state index in [0.717, 1.165) is 23.5 Å². The molecule has 1 saturated heterocycles. The number of nitrogens with zero attached hydrogens (tertiary/aromatic N) is 3. The number of nitrogens with two attached hydrogens (primary N) is 1. The lowest BCUT2D eigenvalue weighted by Gasteiger charge is -2.20. The van der Waals surface area contributed by atoms with E-state index in [1.54, 1.807) is 11.7 Å². The van der Waals surface area contributed by atoms with Crippen molar-refractivity contribution in [3.63, 3.8) is 0 Å². The van der Waals surface area contributed by atoms with Crippen molar-refractivity contribution in [2.45, 2.75) is 45.1 Å². The van der Waals surface area contributed by atoms with Crippen LogP contribution in [0.3, 0.4) is 0 Å². The number of halogens is 2. The van der Waals surface area contributed by atoms with Gasteiger partial charge in [-0.1, -0.05) is 30.3 Å². The van der Waals surface area contributed by atoms with Gasteiger partial charge in [0.15, 0.2) is 11.2 Å². The Hall–Kier alpha value is -3.55. The minimum absolute atomic E-state index is 0.0230. The van der Waals surface area contributed by atoms with Crippen molar-refractivity contribution in [1.29, 1.82) is 0 Å². The van der Waals surface area contributed by atoms with Crippen LogP contribution in [-0.2, 0) is 18.8 Å². The van der Waals surface area contributed by atoms with Gasteiger partial charge in [0.2, 0.25) is 12.9 Å². The molecule has 3 atom stereocenters. The quantitative estimate of drug-likeness (QED) is 0.172. The second kappa shape index (κ2) is 16.8. The number of aromatic amines is 1. The second-order valence-electron chi connectivity index (χ2n) is 9.13. The number of rotatable bonds is 10. The highest BCUT2D eigenvalue weighted by atomic mass is 31.2. The monoisotopic (exact) mass is 608 g/mol. The van der Waals surface area contributed by atoms with Crippen LogP contribution >= 0.6 is 8.53 Å². The molecule has 0 aliphatic carbocycles. The molecule has 42 heavy (non-hydrogen) atoms. The third kappa shape index (κ3) is 9.50. The number of hydrogen-bond donors (Lipinski definition) is 3. The Labute approximate surface area is 242 Å². The number of fused-ring (bicyclic) bond motifs is 2. The highest BCUT2D eigenvalue weighted by Gasteiger charge is 2.30. The predicted molar refractivity (Wildman–Crippen MR) is 156 cm³/mol. The van der Waals surface area contributed by atoms with Gasteiger partial charge in [-0.2, -0.15) is 4.98 Å². The number of alkyl halides is 2. The van der Waals surface area contributed by atoms with Gasteiger partial charge in [0.05, 0.1) is 31.7 Å². The molecule has 3 unspecified atom stereocenters. The van der Waals surface area contributed by atoms with E-state index in [1.165, 1.54) is 6.33 Å². The molecule has 4 N–H and O–H groups in total. The SMILES string of the molecule is COC(C)C.FCF.Nc1nc2c(ncn2C2CCC(COP(NCC=O)Oc3ccc4ccccc4c3)O2)c(=O)[nH]1. The average Bonchev–Trinajstić information content (AvgIpc) is 3.62. The number of imidazole rings is 1. The maximum atomic E-state index is 12.0. The largest absolute Gasteiger partial charge is 0.436 e. The Bertz CT molecular complexity index is 1470. The van der Waals surface area contributed by atoms with Crippen LogP contribution in [0.4, 0.5) is 14.7 Å². The number of benzene rings is 2. The Morgan fingerprint density at radius 3 is 2.64 bits per heavy atom. The van der Waals surface area contributed by atoms with Gasteiger partial charge < -0.3 is 29.0 Å². The van der Waals surface area contributed by atoms with Gasteiger partial charge >= 0.3 is 8.53 Å². The minimum Gasteiger partial charge on any atom is -0.436 e. The maximum absolute atomic E-state index is 12.0. The van der Waals surface area contributed by atoms with Gasteiger partial charge in [-0.05, 0) is 49.6 Å². The molecule has 12 nitrogen and oxygen atoms in total. The Balaban J connectivity index is 0.000000540. The van der Waals surface area contributed by atoms with E-state index in [9.17, 15) is 18.4 Å². The van der Waals surface area contributed by atoms with Crippen molar-refractivity contribution in [2.24, 2.45) is 0 Å². The van der Waals surface area contributed by atoms with Gasteiger partial charge in [0.1, 0.15) is 18.3 Å². The van der Waals surface area contributed by atoms with Crippen molar-refractivity contribution in [3.8, 4) is 5.75 Å². The van der Waals surface area contributed by atoms with Gasteiger partial charge in [-0.25, -0.2) is 18.9 Å². The Morgan fingerprint density at radius 1 is 1.24 bits per heavy atom. The molecular weight excluding hydrogens is 573 g/mol. The normalized spacial score (nSPS) is 16.9. The Kier molecular flexibility index (Phi) is 13.2. The number of nitrogens with one attached hydrogen (secondary N) is 2. The summed E-state index contributed by atoms with van der Waals surface area (Å²) in [6.07, 6.45) is 3.55. The van der Waals surface area contributed by atoms with Gasteiger partial charge in [0, 0.05) is 7.11 Å². The zero-order valence-corrected chi connectivity index (χ0v) is 24.4. The number of aldehydes is 1. The summed E-state index contributed by atoms with van der Waals surface area (Å²) >= 11 is 0. The van der Waals surface area contributed by atoms with Crippen LogP contribution in [0.25, 0.3) is 21.9 Å². The van der Waals surface area contributed by atoms with Crippen LogP contribution in [0, 0.1) is 0 Å². The van der Waals surface area contributed by atoms with E-state index in [-0.39, 0.29) is 36.9 Å². The zero-order valence-electron chi connectivity index (χ0n) is 23.5. The number of anilines is 1. The van der Waals surface area contributed by atoms with Crippen LogP contribution in [0.5, 0.6) is 5.75 Å². The summed E-state index contributed by atoms with van der Waals surface area (Å²) in [6, 6.07) is 13.8. The van der Waals surface area contributed by atoms with Crippen molar-refractivity contribution in [1.82, 2.24) is 24.6 Å². The lowest BCUT2D eigenvalue weighted by atomic mass is 10.1. The standard InChI is InChI=1S/C22H23N6O5P.C4H10O.CH2F2/c23-22-26-20-19(21(30)27-22)24-13-28(20)18-8-7-17(32-18)12-31-34(25-9-10-29)33-16-6-5-14-3-1-2-4-15(14)11-16;1-4(2)5-3;2-1-3/h1-6,10-11,13,17-18,25H,7-9,12H2,(H3,23,26,27,30);4H,1-3H3;1H2. The summed E-state index contributed by atoms with van der Waals surface area (Å²) in [5.74, 6) is 0.669. The number of hydrogen-bond acceptors (Lipinski definition) is 10. The van der Waals surface area contributed by atoms with Crippen LogP contribution in [0.1, 0.15) is 32.9 Å². The minimum atomic E-state index is -1.75. The first-order valence-electron chi connectivity index (χ1n) is 13.1. The van der Waals surface area contributed by atoms with E-state index >= 15 is 0 Å². The molecule has 0 radical (unpaired) electrons. The number of carbonyl (C=O) groups excluding carboxylic acids is 1. The lowest BCUT2D eigenvalue weighted by Crippen LogP contribution is -2.20. The van der Waals surface area contributed by atoms with E-state index in [0.29, 0.717) is 23.9 Å². The Morgan fingerprint density at radius 2 is 1.95 bits per heavy atom. The van der Waals surface area contributed by atoms with Crippen LogP contribution in [-0.4, -0.2) is 65.2 Å². The molecule has 0 bridgehead atoms. The number of H-pyrrole nitrogens is 1. The fourth-order valence-electron chi connectivity index (χ4n) is 3.85. The first-order chi connectivity index (χ1) is 20.3. The summed E-state index contributed by atoms with van der Waals surface area (Å²) < 4.78 is 43.8. The number of ether oxygens (including phenoxy) is 2. The molecule has 228 valence electrons. The third-order valence-electron chi connectivity index (χ3n) is 5.91. The summed E-state index contributed by atoms with van der Waals surface area (Å²) in [5, 5.41) is 5.14. The van der Waals surface area contributed by atoms with Crippen LogP contribution in [0.15, 0.2) is 53.6 Å². The van der Waals surface area contributed by atoms with E-state index in [4.69, 9.17) is 24.3 Å². The summed E-state index contributed by atoms with van der Waals surface area (Å²) in [6.45, 7) is 2.63. The molecule has 2 aromatic heterocycles. The lowest BCUT2D eigenvalue weighted by molar-refractivity contribution is -0.106. The van der Waals surface area contributed by atoms with Gasteiger partial charge in [-0.15, -0.1) is 0 Å². The summed E-state index contributed by atoms with van der Waals surface area (Å²) in [4.78, 5) is 33.7. The van der Waals surface area contributed by atoms with Crippen LogP contribution in [0.2, 0.25) is 0 Å². The highest BCUT2D eigenvalue weighted by molar-refractivity contribution is 7.45. The fourth-order valence-corrected chi connectivity index (χ4v) is 4.89. The van der Waals surface area contributed by atoms with Gasteiger partial charge in [-0.3, -0.25) is 14.3 Å². The topological polar surface area (TPSA) is 156 Å². The van der Waals surface area contributed by atoms with E-state index < -0.39 is 21.0 Å². The van der Waals surface area contributed by atoms with Crippen molar-refractivity contribution in [3.05, 3.63) is 59.1 Å². The summed E-state index contributed by atoms with van der Waals surface area (Å²) in [7, 11) is 0.134. The smallest absolute Gasteiger partial charge is 0.318 e. The molecular formula is C27H35F2N6O6P. The molecule has 1 aliphatic heterocycles. The number of methoxy groups -OCH3 is 1. The first kappa shape index (κ1) is 33.0. The van der Waals surface area contributed by atoms with E-state index in [1.807, 2.05) is 56.3 Å². The molecule has 4 aromatic rings. The van der Waals surface area contributed by atoms with Crippen molar-refractivity contribution < 1.29 is 32.1 Å². The summed E-state index contributed by atoms with van der Waals surface area (Å²) in [5.41, 5.74) is 5.88. The molecule has 1 aliphatic rings. The average molecular weight is 609 g/mol.